The number of benzene rings is 2. The zero-order chi connectivity index (χ0) is 23.6. The Morgan fingerprint density at radius 3 is 2.76 bits per heavy atom. The lowest BCUT2D eigenvalue weighted by Crippen LogP contribution is -2.37. The summed E-state index contributed by atoms with van der Waals surface area (Å²) in [5.41, 5.74) is 1.59. The van der Waals surface area contributed by atoms with E-state index >= 15 is 0 Å². The molecule has 0 radical (unpaired) electrons. The van der Waals surface area contributed by atoms with Gasteiger partial charge in [0.25, 0.3) is 10.0 Å². The molecule has 1 aromatic heterocycles. The maximum absolute atomic E-state index is 14.1. The topological polar surface area (TPSA) is 130 Å². The van der Waals surface area contributed by atoms with Gasteiger partial charge in [0.1, 0.15) is 12.5 Å². The highest BCUT2D eigenvalue weighted by atomic mass is 32.2. The number of alkyl halides is 1. The molecule has 3 aromatic rings. The molecule has 12 heteroatoms. The maximum Gasteiger partial charge on any atom is 0.335 e. The number of anilines is 2. The van der Waals surface area contributed by atoms with E-state index in [0.717, 1.165) is 6.07 Å². The van der Waals surface area contributed by atoms with Gasteiger partial charge in [-0.25, -0.2) is 22.3 Å². The van der Waals surface area contributed by atoms with Crippen LogP contribution in [0.4, 0.5) is 15.8 Å². The molecular weight excluding hydrogens is 451 g/mol. The van der Waals surface area contributed by atoms with Gasteiger partial charge in [0.2, 0.25) is 0 Å². The first-order valence-corrected chi connectivity index (χ1v) is 11.9. The van der Waals surface area contributed by atoms with Gasteiger partial charge in [-0.2, -0.15) is 0 Å². The standard InChI is InChI=1S/C21H23FN6O4S/c1-2-14-5-6-15(21(29)30)10-20(14)33(31,32)24-18-11-17(28-13-23-25-26-28)7-8-19(18)27-9-3-4-16(22)12-27/h5-8,10-11,13,16,24H,2-4,9,12H2,1H3,(H,29,30). The molecule has 2 heterocycles. The number of nitrogens with one attached hydrogen (secondary N) is 1. The second-order valence-electron chi connectivity index (χ2n) is 7.73. The molecule has 1 fully saturated rings. The average molecular weight is 475 g/mol. The molecule has 2 aromatic carbocycles. The number of hydrogen-bond donors (Lipinski definition) is 2. The quantitative estimate of drug-likeness (QED) is 0.535. The van der Waals surface area contributed by atoms with E-state index in [1.807, 2.05) is 0 Å². The van der Waals surface area contributed by atoms with Crippen molar-refractivity contribution in [2.24, 2.45) is 0 Å². The number of aromatic nitrogens is 4. The molecule has 0 amide bonds. The third-order valence-corrected chi connectivity index (χ3v) is 6.97. The number of aromatic carboxylic acids is 1. The van der Waals surface area contributed by atoms with Gasteiger partial charge < -0.3 is 10.0 Å². The summed E-state index contributed by atoms with van der Waals surface area (Å²) in [6.45, 7) is 2.51. The number of hydrogen-bond acceptors (Lipinski definition) is 7. The minimum absolute atomic E-state index is 0.120. The number of halogens is 1. The molecule has 33 heavy (non-hydrogen) atoms. The smallest absolute Gasteiger partial charge is 0.335 e. The summed E-state index contributed by atoms with van der Waals surface area (Å²) in [5.74, 6) is -1.22. The lowest BCUT2D eigenvalue weighted by molar-refractivity contribution is 0.0696. The highest BCUT2D eigenvalue weighted by Gasteiger charge is 2.26. The van der Waals surface area contributed by atoms with Gasteiger partial charge >= 0.3 is 5.97 Å². The fraction of sp³-hybridized carbons (Fsp3) is 0.333. The summed E-state index contributed by atoms with van der Waals surface area (Å²) >= 11 is 0. The van der Waals surface area contributed by atoms with Crippen molar-refractivity contribution in [1.82, 2.24) is 20.2 Å². The zero-order valence-corrected chi connectivity index (χ0v) is 18.7. The first kappa shape index (κ1) is 22.6. The molecule has 0 spiro atoms. The van der Waals surface area contributed by atoms with Crippen molar-refractivity contribution in [2.75, 3.05) is 22.7 Å². The number of carbonyl (C=O) groups is 1. The number of piperidine rings is 1. The van der Waals surface area contributed by atoms with Crippen LogP contribution in [0.5, 0.6) is 0 Å². The van der Waals surface area contributed by atoms with Crippen molar-refractivity contribution < 1.29 is 22.7 Å². The minimum atomic E-state index is -4.17. The first-order chi connectivity index (χ1) is 15.8. The summed E-state index contributed by atoms with van der Waals surface area (Å²) in [5, 5.41) is 20.4. The average Bonchev–Trinajstić information content (AvgIpc) is 3.33. The number of carboxylic acids is 1. The fourth-order valence-electron chi connectivity index (χ4n) is 3.88. The molecule has 0 saturated carbocycles. The molecule has 1 unspecified atom stereocenters. The van der Waals surface area contributed by atoms with Crippen LogP contribution in [0, 0.1) is 0 Å². The molecule has 1 atom stereocenters. The van der Waals surface area contributed by atoms with Crippen molar-refractivity contribution in [3.63, 3.8) is 0 Å². The van der Waals surface area contributed by atoms with E-state index in [2.05, 4.69) is 20.2 Å². The largest absolute Gasteiger partial charge is 0.478 e. The van der Waals surface area contributed by atoms with Crippen molar-refractivity contribution in [3.8, 4) is 5.69 Å². The predicted molar refractivity (Wildman–Crippen MR) is 119 cm³/mol. The minimum Gasteiger partial charge on any atom is -0.478 e. The monoisotopic (exact) mass is 474 g/mol. The second kappa shape index (κ2) is 9.14. The molecule has 1 aliphatic heterocycles. The Kier molecular flexibility index (Phi) is 6.27. The van der Waals surface area contributed by atoms with Crippen LogP contribution in [-0.2, 0) is 16.4 Å². The second-order valence-corrected chi connectivity index (χ2v) is 9.38. The Bertz CT molecular complexity index is 1270. The predicted octanol–water partition coefficient (Wildman–Crippen LogP) is 2.66. The Morgan fingerprint density at radius 1 is 1.27 bits per heavy atom. The number of tetrazole rings is 1. The highest BCUT2D eigenvalue weighted by Crippen LogP contribution is 2.33. The lowest BCUT2D eigenvalue weighted by atomic mass is 10.1. The van der Waals surface area contributed by atoms with E-state index in [1.165, 1.54) is 23.1 Å². The van der Waals surface area contributed by atoms with Crippen LogP contribution < -0.4 is 9.62 Å². The number of aryl methyl sites for hydroxylation is 1. The van der Waals surface area contributed by atoms with Crippen LogP contribution in [-0.4, -0.2) is 59.0 Å². The zero-order valence-electron chi connectivity index (χ0n) is 17.8. The van der Waals surface area contributed by atoms with Crippen molar-refractivity contribution in [2.45, 2.75) is 37.3 Å². The van der Waals surface area contributed by atoms with Gasteiger partial charge in [0.15, 0.2) is 0 Å². The summed E-state index contributed by atoms with van der Waals surface area (Å²) in [6.07, 6.45) is 1.85. The number of sulfonamides is 1. The van der Waals surface area contributed by atoms with Gasteiger partial charge in [0.05, 0.1) is 27.5 Å². The Labute approximate surface area is 190 Å². The summed E-state index contributed by atoms with van der Waals surface area (Å²) in [4.78, 5) is 13.1. The third kappa shape index (κ3) is 4.80. The number of nitrogens with zero attached hydrogens (tertiary/aromatic N) is 5. The van der Waals surface area contributed by atoms with Crippen LogP contribution >= 0.6 is 0 Å². The summed E-state index contributed by atoms with van der Waals surface area (Å²) < 4.78 is 44.9. The Balaban J connectivity index is 1.79. The maximum atomic E-state index is 14.1. The van der Waals surface area contributed by atoms with Gasteiger partial charge in [-0.3, -0.25) is 4.72 Å². The van der Waals surface area contributed by atoms with E-state index in [-0.39, 0.29) is 22.7 Å². The molecule has 10 nitrogen and oxygen atoms in total. The Morgan fingerprint density at radius 2 is 2.09 bits per heavy atom. The molecule has 0 aliphatic carbocycles. The Hall–Kier alpha value is -3.54. The van der Waals surface area contributed by atoms with E-state index in [1.54, 1.807) is 30.0 Å². The summed E-state index contributed by atoms with van der Waals surface area (Å²) in [7, 11) is -4.17. The van der Waals surface area contributed by atoms with Crippen molar-refractivity contribution >= 4 is 27.4 Å². The van der Waals surface area contributed by atoms with Crippen LogP contribution in [0.3, 0.4) is 0 Å². The lowest BCUT2D eigenvalue weighted by Gasteiger charge is -2.32. The van der Waals surface area contributed by atoms with Crippen LogP contribution in [0.1, 0.15) is 35.7 Å². The van der Waals surface area contributed by atoms with Gasteiger partial charge in [-0.05, 0) is 65.6 Å². The van der Waals surface area contributed by atoms with Crippen molar-refractivity contribution in [1.29, 1.82) is 0 Å². The first-order valence-electron chi connectivity index (χ1n) is 10.4. The van der Waals surface area contributed by atoms with E-state index < -0.39 is 22.2 Å². The molecule has 4 rings (SSSR count). The highest BCUT2D eigenvalue weighted by molar-refractivity contribution is 7.92. The third-order valence-electron chi connectivity index (χ3n) is 5.53. The molecular formula is C21H23FN6O4S. The SMILES string of the molecule is CCc1ccc(C(=O)O)cc1S(=O)(=O)Nc1cc(-n2cnnn2)ccc1N1CCCC(F)C1. The molecule has 0 bridgehead atoms. The van der Waals surface area contributed by atoms with Gasteiger partial charge in [-0.1, -0.05) is 13.0 Å². The number of rotatable bonds is 7. The van der Waals surface area contributed by atoms with E-state index in [0.29, 0.717) is 42.7 Å². The van der Waals surface area contributed by atoms with Crippen LogP contribution in [0.15, 0.2) is 47.6 Å². The van der Waals surface area contributed by atoms with E-state index in [9.17, 15) is 22.7 Å². The van der Waals surface area contributed by atoms with Crippen molar-refractivity contribution in [3.05, 3.63) is 53.9 Å². The normalized spacial score (nSPS) is 16.5. The van der Waals surface area contributed by atoms with Gasteiger partial charge in [0, 0.05) is 13.1 Å². The molecule has 1 aliphatic rings. The summed E-state index contributed by atoms with van der Waals surface area (Å²) in [6, 6.07) is 8.99. The molecule has 1 saturated heterocycles. The van der Waals surface area contributed by atoms with E-state index in [4.69, 9.17) is 0 Å². The van der Waals surface area contributed by atoms with Crippen LogP contribution in [0.25, 0.3) is 5.69 Å². The fourth-order valence-corrected chi connectivity index (χ4v) is 5.28. The molecule has 174 valence electrons. The number of carboxylic acid groups (broad SMARTS) is 1. The molecule has 2 N–H and O–H groups in total. The van der Waals surface area contributed by atoms with Crippen LogP contribution in [0.2, 0.25) is 0 Å². The van der Waals surface area contributed by atoms with Gasteiger partial charge in [-0.15, -0.1) is 5.10 Å².